The molecule has 11 heteroatoms. The largest absolute Gasteiger partial charge is 0.465 e. The number of carbonyl (C=O) groups excluding carboxylic acids is 1. The van der Waals surface area contributed by atoms with E-state index in [4.69, 9.17) is 9.84 Å². The van der Waals surface area contributed by atoms with Crippen LogP contribution in [0.5, 0.6) is 11.6 Å². The second-order valence-electron chi connectivity index (χ2n) is 8.05. The van der Waals surface area contributed by atoms with E-state index in [-0.39, 0.29) is 35.4 Å². The molecule has 3 atom stereocenters. The molecule has 1 unspecified atom stereocenters. The molecule has 2 fully saturated rings. The molecule has 8 nitrogen and oxygen atoms in total. The first-order valence-electron chi connectivity index (χ1n) is 10.1. The van der Waals surface area contributed by atoms with Crippen LogP contribution in [0.4, 0.5) is 18.0 Å². The summed E-state index contributed by atoms with van der Waals surface area (Å²) in [4.78, 5) is 33.4. The van der Waals surface area contributed by atoms with Crippen molar-refractivity contribution in [3.8, 4) is 11.6 Å². The number of rotatable bonds is 4. The van der Waals surface area contributed by atoms with Gasteiger partial charge in [-0.25, -0.2) is 14.8 Å². The van der Waals surface area contributed by atoms with Crippen molar-refractivity contribution in [3.63, 3.8) is 0 Å². The maximum absolute atomic E-state index is 12.8. The molecule has 170 valence electrons. The quantitative estimate of drug-likeness (QED) is 0.617. The van der Waals surface area contributed by atoms with E-state index in [1.807, 2.05) is 0 Å². The number of piperidine rings is 1. The van der Waals surface area contributed by atoms with Crippen molar-refractivity contribution in [2.45, 2.75) is 12.2 Å². The highest BCUT2D eigenvalue weighted by atomic mass is 19.4. The minimum atomic E-state index is -4.47. The van der Waals surface area contributed by atoms with Gasteiger partial charge in [-0.3, -0.25) is 4.79 Å². The predicted molar refractivity (Wildman–Crippen MR) is 109 cm³/mol. The van der Waals surface area contributed by atoms with E-state index in [2.05, 4.69) is 15.3 Å². The molecule has 3 aromatic rings. The highest BCUT2D eigenvalue weighted by molar-refractivity contribution is 5.95. The third kappa shape index (κ3) is 4.13. The van der Waals surface area contributed by atoms with Crippen LogP contribution in [0, 0.1) is 11.8 Å². The molecule has 5 rings (SSSR count). The summed E-state index contributed by atoms with van der Waals surface area (Å²) in [6.45, 7) is 0.974. The van der Waals surface area contributed by atoms with E-state index in [1.165, 1.54) is 0 Å². The summed E-state index contributed by atoms with van der Waals surface area (Å²) < 4.78 is 43.5. The number of hydrogen-bond donors (Lipinski definition) is 2. The van der Waals surface area contributed by atoms with E-state index in [0.29, 0.717) is 35.9 Å². The normalized spacial score (nSPS) is 21.5. The minimum Gasteiger partial charge on any atom is -0.465 e. The van der Waals surface area contributed by atoms with Gasteiger partial charge in [0, 0.05) is 48.6 Å². The minimum absolute atomic E-state index is 0.0189. The van der Waals surface area contributed by atoms with Crippen molar-refractivity contribution >= 4 is 22.9 Å². The number of hydrogen-bond acceptors (Lipinski definition) is 5. The van der Waals surface area contributed by atoms with Crippen LogP contribution in [-0.4, -0.2) is 51.1 Å². The Balaban J connectivity index is 1.26. The highest BCUT2D eigenvalue weighted by Crippen LogP contribution is 2.45. The number of aromatic nitrogens is 2. The van der Waals surface area contributed by atoms with E-state index >= 15 is 0 Å². The Kier molecular flexibility index (Phi) is 4.84. The van der Waals surface area contributed by atoms with Crippen molar-refractivity contribution in [2.24, 2.45) is 11.8 Å². The number of alkyl halides is 3. The first-order chi connectivity index (χ1) is 15.7. The number of halogens is 3. The van der Waals surface area contributed by atoms with Crippen LogP contribution < -0.4 is 10.1 Å². The van der Waals surface area contributed by atoms with Crippen molar-refractivity contribution in [1.82, 2.24) is 20.2 Å². The molecular formula is C22H17F3N4O4. The molecule has 2 aliphatic rings. The Morgan fingerprint density at radius 1 is 1.09 bits per heavy atom. The van der Waals surface area contributed by atoms with E-state index in [0.717, 1.165) is 12.1 Å². The second-order valence-corrected chi connectivity index (χ2v) is 8.05. The molecule has 1 aromatic carbocycles. The van der Waals surface area contributed by atoms with Crippen LogP contribution in [0.25, 0.3) is 10.9 Å². The van der Waals surface area contributed by atoms with Crippen LogP contribution in [0.15, 0.2) is 48.7 Å². The molecule has 2 amide bonds. The van der Waals surface area contributed by atoms with Gasteiger partial charge in [0.15, 0.2) is 0 Å². The molecule has 1 aliphatic heterocycles. The average molecular weight is 458 g/mol. The first-order valence-corrected chi connectivity index (χ1v) is 10.1. The van der Waals surface area contributed by atoms with Gasteiger partial charge in [-0.15, -0.1) is 0 Å². The lowest BCUT2D eigenvalue weighted by molar-refractivity contribution is -0.137. The fourth-order valence-corrected chi connectivity index (χ4v) is 4.23. The lowest BCUT2D eigenvalue weighted by atomic mass is 10.2. The van der Waals surface area contributed by atoms with Crippen LogP contribution in [0.1, 0.15) is 16.1 Å². The number of nitrogens with one attached hydrogen (secondary N) is 1. The monoisotopic (exact) mass is 458 g/mol. The Morgan fingerprint density at radius 3 is 2.48 bits per heavy atom. The number of pyridine rings is 2. The Morgan fingerprint density at radius 2 is 1.85 bits per heavy atom. The van der Waals surface area contributed by atoms with Gasteiger partial charge in [0.25, 0.3) is 5.91 Å². The van der Waals surface area contributed by atoms with Crippen molar-refractivity contribution in [1.29, 1.82) is 0 Å². The van der Waals surface area contributed by atoms with Gasteiger partial charge < -0.3 is 20.1 Å². The van der Waals surface area contributed by atoms with Crippen LogP contribution >= 0.6 is 0 Å². The number of carbonyl (C=O) groups is 2. The van der Waals surface area contributed by atoms with E-state index < -0.39 is 17.8 Å². The van der Waals surface area contributed by atoms with E-state index in [1.54, 1.807) is 35.2 Å². The molecule has 1 saturated carbocycles. The second kappa shape index (κ2) is 7.61. The number of ether oxygens (including phenoxy) is 1. The molecular weight excluding hydrogens is 441 g/mol. The van der Waals surface area contributed by atoms with Crippen molar-refractivity contribution in [3.05, 3.63) is 59.9 Å². The summed E-state index contributed by atoms with van der Waals surface area (Å²) in [5.41, 5.74) is -0.0216. The number of fused-ring (bicyclic) bond motifs is 2. The van der Waals surface area contributed by atoms with Gasteiger partial charge in [-0.2, -0.15) is 13.2 Å². The maximum atomic E-state index is 12.8. The zero-order valence-corrected chi connectivity index (χ0v) is 16.9. The van der Waals surface area contributed by atoms with Crippen LogP contribution in [0.2, 0.25) is 0 Å². The maximum Gasteiger partial charge on any atom is 0.417 e. The Labute approximate surface area is 185 Å². The summed E-state index contributed by atoms with van der Waals surface area (Å²) in [6, 6.07) is 10.2. The van der Waals surface area contributed by atoms with Crippen LogP contribution in [0.3, 0.4) is 0 Å². The summed E-state index contributed by atoms with van der Waals surface area (Å²) in [6.07, 6.45) is -4.82. The predicted octanol–water partition coefficient (Wildman–Crippen LogP) is 3.78. The molecule has 33 heavy (non-hydrogen) atoms. The summed E-state index contributed by atoms with van der Waals surface area (Å²) in [5.74, 6) is 0.457. The molecule has 1 saturated heterocycles. The smallest absolute Gasteiger partial charge is 0.417 e. The fraction of sp³-hybridized carbons (Fsp3) is 0.273. The number of amides is 2. The van der Waals surface area contributed by atoms with Crippen molar-refractivity contribution in [2.75, 3.05) is 13.1 Å². The summed E-state index contributed by atoms with van der Waals surface area (Å²) in [5, 5.41) is 12.0. The first kappa shape index (κ1) is 21.0. The SMILES string of the molecule is O=C(O)NC1[C@H]2CN(C(=O)c3ccc4cc(Oc5ccc(C(F)(F)F)cn5)ccc4n3)C[C@@H]12. The van der Waals surface area contributed by atoms with Gasteiger partial charge in [0.1, 0.15) is 11.4 Å². The molecule has 1 aliphatic carbocycles. The van der Waals surface area contributed by atoms with Crippen LogP contribution in [-0.2, 0) is 6.18 Å². The van der Waals surface area contributed by atoms with Gasteiger partial charge in [0.2, 0.25) is 5.88 Å². The molecule has 0 bridgehead atoms. The lowest BCUT2D eigenvalue weighted by Crippen LogP contribution is -2.37. The molecule has 2 aromatic heterocycles. The number of likely N-dealkylation sites (tertiary alicyclic amines) is 1. The summed E-state index contributed by atoms with van der Waals surface area (Å²) >= 11 is 0. The lowest BCUT2D eigenvalue weighted by Gasteiger charge is -2.19. The molecule has 0 spiro atoms. The molecule has 0 radical (unpaired) electrons. The Bertz CT molecular complexity index is 1240. The van der Waals surface area contributed by atoms with Gasteiger partial charge >= 0.3 is 12.3 Å². The third-order valence-electron chi connectivity index (χ3n) is 5.94. The van der Waals surface area contributed by atoms with Gasteiger partial charge in [0.05, 0.1) is 11.1 Å². The highest BCUT2D eigenvalue weighted by Gasteiger charge is 2.57. The zero-order chi connectivity index (χ0) is 23.3. The Hall–Kier alpha value is -3.89. The summed E-state index contributed by atoms with van der Waals surface area (Å²) in [7, 11) is 0. The molecule has 2 N–H and O–H groups in total. The fourth-order valence-electron chi connectivity index (χ4n) is 4.23. The van der Waals surface area contributed by atoms with E-state index in [9.17, 15) is 22.8 Å². The van der Waals surface area contributed by atoms with Gasteiger partial charge in [-0.05, 0) is 30.3 Å². The third-order valence-corrected chi connectivity index (χ3v) is 5.94. The average Bonchev–Trinajstić information content (AvgIpc) is 3.19. The number of benzene rings is 1. The number of nitrogens with zero attached hydrogens (tertiary/aromatic N) is 3. The van der Waals surface area contributed by atoms with Gasteiger partial charge in [-0.1, -0.05) is 6.07 Å². The zero-order valence-electron chi connectivity index (χ0n) is 16.9. The number of carboxylic acid groups (broad SMARTS) is 1. The van der Waals surface area contributed by atoms with Crippen molar-refractivity contribution < 1.29 is 32.6 Å². The molecule has 3 heterocycles. The standard InChI is InChI=1S/C22H17F3N4O4/c23-22(24,25)12-2-6-18(26-8-12)33-13-3-5-16-11(7-13)1-4-17(27-16)20(30)29-9-14-15(10-29)19(14)28-21(31)32/h1-8,14-15,19,28H,9-10H2,(H,31,32)/t14-,15+,19?. The topological polar surface area (TPSA) is 105 Å².